The average Bonchev–Trinajstić information content (AvgIpc) is 1.73. The molecule has 0 unspecified atom stereocenters. The zero-order chi connectivity index (χ0) is 12.3. The maximum absolute atomic E-state index is 7.23. The third-order valence-corrected chi connectivity index (χ3v) is 2.39. The van der Waals surface area contributed by atoms with Crippen LogP contribution in [0.3, 0.4) is 0 Å². The lowest BCUT2D eigenvalue weighted by Crippen LogP contribution is -2.57. The first-order chi connectivity index (χ1) is 6.54. The summed E-state index contributed by atoms with van der Waals surface area (Å²) in [6, 6.07) is 0. The highest BCUT2D eigenvalue weighted by molar-refractivity contribution is 7.38. The molecule has 92 valence electrons. The second-order valence-electron chi connectivity index (χ2n) is 5.67. The second-order valence-corrected chi connectivity index (χ2v) is 6.21. The van der Waals surface area contributed by atoms with Crippen LogP contribution in [0, 0.1) is 5.92 Å². The fourth-order valence-electron chi connectivity index (χ4n) is 2.83. The molecular weight excluding hydrogens is 213 g/mol. The average molecular weight is 237 g/mol. The van der Waals surface area contributed by atoms with E-state index in [0.717, 1.165) is 5.92 Å². The summed E-state index contributed by atoms with van der Waals surface area (Å²) in [5.41, 5.74) is 0.669. The van der Waals surface area contributed by atoms with Crippen LogP contribution in [0.25, 0.3) is 0 Å². The summed E-state index contributed by atoms with van der Waals surface area (Å²) >= 11 is 0. The van der Waals surface area contributed by atoms with Gasteiger partial charge in [0.2, 0.25) is 0 Å². The predicted molar refractivity (Wildman–Crippen MR) is 63.3 cm³/mol. The van der Waals surface area contributed by atoms with Crippen molar-refractivity contribution < 1.29 is 14.7 Å². The largest absolute Gasteiger partial charge is 0.328 e. The molecule has 0 aromatic carbocycles. The molecule has 1 saturated heterocycles. The van der Waals surface area contributed by atoms with Gasteiger partial charge in [-0.25, -0.2) is 0 Å². The number of hydrogen-bond donors (Lipinski definition) is 4. The lowest BCUT2D eigenvalue weighted by Gasteiger charge is -2.45. The minimum absolute atomic E-state index is 0.334. The van der Waals surface area contributed by atoms with Crippen molar-refractivity contribution in [1.82, 2.24) is 5.32 Å². The molecule has 0 atom stereocenters. The summed E-state index contributed by atoms with van der Waals surface area (Å²) in [6.45, 7) is 11.5. The first-order valence-electron chi connectivity index (χ1n) is 5.20. The van der Waals surface area contributed by atoms with Crippen LogP contribution in [0.5, 0.6) is 0 Å². The van der Waals surface area contributed by atoms with Crippen LogP contribution < -0.4 is 5.32 Å². The fourth-order valence-corrected chi connectivity index (χ4v) is 2.83. The smallest absolute Gasteiger partial charge is 0.324 e. The van der Waals surface area contributed by atoms with Crippen molar-refractivity contribution in [3.05, 3.63) is 0 Å². The highest BCUT2D eigenvalue weighted by Crippen LogP contribution is 2.31. The molecule has 0 saturated carbocycles. The van der Waals surface area contributed by atoms with Gasteiger partial charge in [0.05, 0.1) is 0 Å². The van der Waals surface area contributed by atoms with Crippen molar-refractivity contribution in [2.45, 2.75) is 58.5 Å². The Morgan fingerprint density at radius 2 is 1.27 bits per heavy atom. The Morgan fingerprint density at radius 3 is 1.47 bits per heavy atom. The zero-order valence-electron chi connectivity index (χ0n) is 10.3. The normalized spacial score (nSPS) is 24.6. The van der Waals surface area contributed by atoms with Crippen molar-refractivity contribution >= 4 is 8.60 Å². The molecule has 1 aliphatic rings. The van der Waals surface area contributed by atoms with Gasteiger partial charge in [0, 0.05) is 11.1 Å². The van der Waals surface area contributed by atoms with Gasteiger partial charge in [0.1, 0.15) is 0 Å². The topological polar surface area (TPSA) is 72.7 Å². The molecule has 15 heavy (non-hydrogen) atoms. The van der Waals surface area contributed by atoms with E-state index in [1.54, 1.807) is 0 Å². The third-order valence-electron chi connectivity index (χ3n) is 2.39. The van der Waals surface area contributed by atoms with E-state index in [1.165, 1.54) is 12.8 Å². The second kappa shape index (κ2) is 5.55. The van der Waals surface area contributed by atoms with Gasteiger partial charge in [-0.2, -0.15) is 0 Å². The molecule has 1 rings (SSSR count). The Bertz CT molecular complexity index is 176. The fraction of sp³-hybridized carbons (Fsp3) is 1.00. The molecule has 0 spiro atoms. The number of piperidine rings is 1. The van der Waals surface area contributed by atoms with Crippen LogP contribution in [0.4, 0.5) is 0 Å². The van der Waals surface area contributed by atoms with Crippen LogP contribution in [-0.2, 0) is 0 Å². The molecule has 0 aromatic heterocycles. The molecule has 5 heteroatoms. The quantitative estimate of drug-likeness (QED) is 0.484. The van der Waals surface area contributed by atoms with E-state index in [2.05, 4.69) is 39.9 Å². The Labute approximate surface area is 93.7 Å². The molecule has 0 bridgehead atoms. The van der Waals surface area contributed by atoms with Gasteiger partial charge in [-0.1, -0.05) is 6.92 Å². The zero-order valence-corrected chi connectivity index (χ0v) is 11.2. The van der Waals surface area contributed by atoms with Crippen molar-refractivity contribution in [3.8, 4) is 0 Å². The van der Waals surface area contributed by atoms with Crippen molar-refractivity contribution in [3.63, 3.8) is 0 Å². The molecule has 0 aromatic rings. The molecule has 4 nitrogen and oxygen atoms in total. The van der Waals surface area contributed by atoms with Crippen molar-refractivity contribution in [2.75, 3.05) is 0 Å². The van der Waals surface area contributed by atoms with E-state index in [-0.39, 0.29) is 0 Å². The molecule has 1 fully saturated rings. The molecule has 1 aliphatic heterocycles. The van der Waals surface area contributed by atoms with Crippen LogP contribution in [0.15, 0.2) is 0 Å². The summed E-state index contributed by atoms with van der Waals surface area (Å²) in [6.07, 6.45) is 2.60. The lowest BCUT2D eigenvalue weighted by molar-refractivity contribution is 0.138. The molecule has 1 heterocycles. The third kappa shape index (κ3) is 8.12. The van der Waals surface area contributed by atoms with E-state index >= 15 is 0 Å². The van der Waals surface area contributed by atoms with Crippen LogP contribution in [-0.4, -0.2) is 25.8 Å². The first-order valence-corrected chi connectivity index (χ1v) is 6.40. The molecular formula is C10H24NO3P. The van der Waals surface area contributed by atoms with Gasteiger partial charge in [-0.3, -0.25) is 0 Å². The standard InChI is InChI=1S/C10H21N.H3O3P/c1-8-6-9(2,3)11-10(4,5)7-8;1-4(2)3/h8,11H,6-7H2,1-5H3;1-3H. The molecule has 0 radical (unpaired) electrons. The maximum atomic E-state index is 7.23. The highest BCUT2D eigenvalue weighted by atomic mass is 31.2. The monoisotopic (exact) mass is 237 g/mol. The van der Waals surface area contributed by atoms with E-state index in [1.807, 2.05) is 0 Å². The summed E-state index contributed by atoms with van der Waals surface area (Å²) in [5, 5.41) is 3.66. The van der Waals surface area contributed by atoms with E-state index in [9.17, 15) is 0 Å². The predicted octanol–water partition coefficient (Wildman–Crippen LogP) is 1.75. The van der Waals surface area contributed by atoms with Gasteiger partial charge in [0.15, 0.2) is 0 Å². The van der Waals surface area contributed by atoms with Gasteiger partial charge in [-0.05, 0) is 46.5 Å². The van der Waals surface area contributed by atoms with E-state index in [0.29, 0.717) is 11.1 Å². The Hall–Kier alpha value is 0.270. The SMILES string of the molecule is CC1CC(C)(C)NC(C)(C)C1.OP(O)O. The van der Waals surface area contributed by atoms with Gasteiger partial charge >= 0.3 is 8.60 Å². The lowest BCUT2D eigenvalue weighted by atomic mass is 9.77. The molecule has 0 amide bonds. The summed E-state index contributed by atoms with van der Waals surface area (Å²) in [4.78, 5) is 21.7. The maximum Gasteiger partial charge on any atom is 0.324 e. The molecule has 0 aliphatic carbocycles. The highest BCUT2D eigenvalue weighted by Gasteiger charge is 2.35. The summed E-state index contributed by atoms with van der Waals surface area (Å²) < 4.78 is 0. The first kappa shape index (κ1) is 15.3. The number of hydrogen-bond acceptors (Lipinski definition) is 4. The van der Waals surface area contributed by atoms with E-state index in [4.69, 9.17) is 14.7 Å². The minimum Gasteiger partial charge on any atom is -0.328 e. The van der Waals surface area contributed by atoms with Crippen molar-refractivity contribution in [2.24, 2.45) is 5.92 Å². The van der Waals surface area contributed by atoms with E-state index < -0.39 is 8.60 Å². The van der Waals surface area contributed by atoms with Gasteiger partial charge in [0.25, 0.3) is 0 Å². The summed E-state index contributed by atoms with van der Waals surface area (Å²) in [5.74, 6) is 0.862. The molecule has 4 N–H and O–H groups in total. The number of rotatable bonds is 0. The Morgan fingerprint density at radius 1 is 1.00 bits per heavy atom. The Balaban J connectivity index is 0.000000423. The number of nitrogens with one attached hydrogen (secondary N) is 1. The van der Waals surface area contributed by atoms with Crippen molar-refractivity contribution in [1.29, 1.82) is 0 Å². The van der Waals surface area contributed by atoms with Crippen LogP contribution >= 0.6 is 8.60 Å². The van der Waals surface area contributed by atoms with Crippen LogP contribution in [0.1, 0.15) is 47.5 Å². The summed E-state index contributed by atoms with van der Waals surface area (Å²) in [7, 11) is -2.62. The van der Waals surface area contributed by atoms with Crippen LogP contribution in [0.2, 0.25) is 0 Å². The minimum atomic E-state index is -2.62. The Kier molecular flexibility index (Phi) is 5.65. The van der Waals surface area contributed by atoms with Gasteiger partial charge < -0.3 is 20.0 Å². The van der Waals surface area contributed by atoms with Gasteiger partial charge in [-0.15, -0.1) is 0 Å².